The standard InChI is InChI=1S/F2O2/c1-3-4-2. The summed E-state index contributed by atoms with van der Waals surface area (Å²) >= 11 is 0. The summed E-state index contributed by atoms with van der Waals surface area (Å²) in [5.74, 6) is 0. The van der Waals surface area contributed by atoms with Gasteiger partial charge in [-0.15, -0.1) is 0 Å². The highest BCUT2D eigenvalue weighted by molar-refractivity contribution is 2.71. The van der Waals surface area contributed by atoms with Crippen LogP contribution in [0.4, 0.5) is 9.05 Å². The van der Waals surface area contributed by atoms with Gasteiger partial charge in [-0.2, -0.15) is 0 Å². The van der Waals surface area contributed by atoms with Gasteiger partial charge in [0.2, 0.25) is 0 Å². The highest BCUT2D eigenvalue weighted by Crippen LogP contribution is 1.71. The van der Waals surface area contributed by atoms with E-state index < -0.39 is 0 Å². The first-order valence-electron chi connectivity index (χ1n) is 0.475. The third-order valence-electron chi connectivity index (χ3n) is 0.0238. The molecular weight excluding hydrogens is 70.0 g/mol. The average Bonchev–Trinajstić information content (AvgIpc) is 1.37. The summed E-state index contributed by atoms with van der Waals surface area (Å²) in [5.41, 5.74) is 0. The third kappa shape index (κ3) is 1.78. The maximum Gasteiger partial charge on any atom is 0.0122 e. The molecule has 0 spiro atoms. The maximum absolute atomic E-state index is 9.62. The summed E-state index contributed by atoms with van der Waals surface area (Å²) in [4.78, 5) is 0. The van der Waals surface area contributed by atoms with Gasteiger partial charge in [0.05, 0.1) is 0 Å². The monoisotopic (exact) mass is 70.0 g/mol. The topological polar surface area (TPSA) is 18.5 Å². The van der Waals surface area contributed by atoms with E-state index in [9.17, 15) is 9.05 Å². The lowest BCUT2D eigenvalue weighted by atomic mass is 14.8. The van der Waals surface area contributed by atoms with Crippen molar-refractivity contribution in [2.75, 3.05) is 0 Å². The van der Waals surface area contributed by atoms with Crippen molar-refractivity contribution in [3.8, 4) is 0 Å². The molecule has 0 amide bonds. The van der Waals surface area contributed by atoms with Gasteiger partial charge in [-0.1, -0.05) is 0 Å². The largest absolute Gasteiger partial charge is 0.0122 e. The van der Waals surface area contributed by atoms with Crippen LogP contribution >= 0.6 is 0 Å². The summed E-state index contributed by atoms with van der Waals surface area (Å²) in [6, 6.07) is 0. The smallest absolute Gasteiger partial charge is 0.0122 e. The molecule has 0 atom stereocenters. The molecule has 26 valence electrons. The molecule has 4 heteroatoms. The minimum atomic E-state index is 1.88. The van der Waals surface area contributed by atoms with Crippen LogP contribution in [-0.4, -0.2) is 0 Å². The number of hydrogen-bond donors (Lipinski definition) is 0. The Bertz CT molecular complexity index is 6.00. The first-order chi connectivity index (χ1) is 1.91. The molecule has 0 aromatic rings. The zero-order valence-electron chi connectivity index (χ0n) is 1.57. The summed E-state index contributed by atoms with van der Waals surface area (Å²) in [6.07, 6.45) is 0. The second-order valence-corrected chi connectivity index (χ2v) is 0.126. The first kappa shape index (κ1) is 3.78. The lowest BCUT2D eigenvalue weighted by Gasteiger charge is -1.61. The summed E-state index contributed by atoms with van der Waals surface area (Å²) in [7, 11) is 0. The quantitative estimate of drug-likeness (QED) is 0.334. The van der Waals surface area contributed by atoms with Gasteiger partial charge in [-0.3, -0.25) is 0 Å². The maximum atomic E-state index is 9.62. The Morgan fingerprint density at radius 2 is 1.25 bits per heavy atom. The molecule has 0 rings (SSSR count). The van der Waals surface area contributed by atoms with Gasteiger partial charge in [-0.25, -0.2) is 0 Å². The lowest BCUT2D eigenvalue weighted by Crippen LogP contribution is -1.57. The van der Waals surface area contributed by atoms with Crippen LogP contribution in [0.3, 0.4) is 0 Å². The molecule has 0 saturated heterocycles. The molecule has 0 aromatic carbocycles. The molecule has 2 nitrogen and oxygen atoms in total. The molecule has 0 unspecified atom stereocenters. The lowest BCUT2D eigenvalue weighted by molar-refractivity contribution is -0.526. The molecule has 4 heavy (non-hydrogen) atoms. The van der Waals surface area contributed by atoms with E-state index in [0.29, 0.717) is 0 Å². The van der Waals surface area contributed by atoms with Gasteiger partial charge in [0.15, 0.2) is 0 Å². The van der Waals surface area contributed by atoms with Crippen LogP contribution in [0, 0.1) is 0 Å². The molecule has 0 N–H and O–H groups in total. The van der Waals surface area contributed by atoms with E-state index in [1.165, 1.54) is 0 Å². The van der Waals surface area contributed by atoms with Gasteiger partial charge >= 0.3 is 0 Å². The van der Waals surface area contributed by atoms with E-state index in [0.717, 1.165) is 0 Å². The van der Waals surface area contributed by atoms with Crippen LogP contribution in [0.1, 0.15) is 0 Å². The summed E-state index contributed by atoms with van der Waals surface area (Å²) in [6.45, 7) is 0. The van der Waals surface area contributed by atoms with Crippen molar-refractivity contribution in [2.24, 2.45) is 0 Å². The van der Waals surface area contributed by atoms with E-state index >= 15 is 0 Å². The molecule has 0 fully saturated rings. The Kier molecular flexibility index (Phi) is 2.63. The van der Waals surface area contributed by atoms with Crippen LogP contribution < -0.4 is 0 Å². The van der Waals surface area contributed by atoms with Crippen molar-refractivity contribution < 1.29 is 19.2 Å². The predicted octanol–water partition coefficient (Wildman–Crippen LogP) is 0.704. The Morgan fingerprint density at radius 1 is 1.00 bits per heavy atom. The average molecular weight is 70.0 g/mol. The van der Waals surface area contributed by atoms with E-state index in [-0.39, 0.29) is 0 Å². The number of halogens is 2. The highest BCUT2D eigenvalue weighted by atomic mass is 19.4. The molecule has 0 aliphatic carbocycles. The van der Waals surface area contributed by atoms with E-state index in [4.69, 9.17) is 0 Å². The van der Waals surface area contributed by atoms with Crippen LogP contribution in [0.5, 0.6) is 0 Å². The molecule has 0 saturated carbocycles. The zero-order chi connectivity index (χ0) is 3.41. The SMILES string of the molecule is FOOF. The third-order valence-corrected chi connectivity index (χ3v) is 0.0238. The molecule has 0 bridgehead atoms. The number of hydrogen-bond acceptors (Lipinski definition) is 2. The fourth-order valence-corrected chi connectivity index (χ4v) is 0. The van der Waals surface area contributed by atoms with Gasteiger partial charge < -0.3 is 0 Å². The van der Waals surface area contributed by atoms with Crippen molar-refractivity contribution in [1.82, 2.24) is 0 Å². The number of rotatable bonds is 1. The van der Waals surface area contributed by atoms with Crippen molar-refractivity contribution >= 4 is 0 Å². The van der Waals surface area contributed by atoms with Gasteiger partial charge in [0.25, 0.3) is 0 Å². The minimum Gasteiger partial charge on any atom is -0.0122 e. The molecule has 0 aromatic heterocycles. The Morgan fingerprint density at radius 3 is 1.25 bits per heavy atom. The van der Waals surface area contributed by atoms with Crippen LogP contribution in [-0.2, 0) is 10.2 Å². The molecule has 0 aliphatic heterocycles. The molecule has 0 aliphatic rings. The van der Waals surface area contributed by atoms with Crippen molar-refractivity contribution in [3.05, 3.63) is 0 Å². The van der Waals surface area contributed by atoms with E-state index in [1.54, 1.807) is 0 Å². The van der Waals surface area contributed by atoms with E-state index in [1.807, 2.05) is 10.2 Å². The Hall–Kier alpha value is -0.220. The van der Waals surface area contributed by atoms with Gasteiger partial charge in [-0.05, 0) is 9.05 Å². The predicted molar refractivity (Wildman–Crippen MR) is 4.39 cm³/mol. The highest BCUT2D eigenvalue weighted by Gasteiger charge is 1.62. The normalized spacial score (nSPS) is 7.50. The second-order valence-electron chi connectivity index (χ2n) is 0.126. The van der Waals surface area contributed by atoms with Gasteiger partial charge in [0.1, 0.15) is 0 Å². The molecule has 0 radical (unpaired) electrons. The molecule has 0 heterocycles. The van der Waals surface area contributed by atoms with E-state index in [2.05, 4.69) is 0 Å². The Balaban J connectivity index is 1.97. The zero-order valence-corrected chi connectivity index (χ0v) is 1.57. The summed E-state index contributed by atoms with van der Waals surface area (Å²) < 4.78 is 19.2. The fourth-order valence-electron chi connectivity index (χ4n) is 0. The van der Waals surface area contributed by atoms with Gasteiger partial charge in [0, 0.05) is 10.2 Å². The Labute approximate surface area is 20.7 Å². The van der Waals surface area contributed by atoms with Crippen molar-refractivity contribution in [2.45, 2.75) is 0 Å². The first-order valence-corrected chi connectivity index (χ1v) is 0.475. The van der Waals surface area contributed by atoms with Crippen LogP contribution in [0.25, 0.3) is 0 Å². The fraction of sp³-hybridized carbons (Fsp3) is 0. The summed E-state index contributed by atoms with van der Waals surface area (Å²) in [5, 5.41) is 3.75. The van der Waals surface area contributed by atoms with Crippen LogP contribution in [0.15, 0.2) is 0 Å². The van der Waals surface area contributed by atoms with Crippen molar-refractivity contribution in [1.29, 1.82) is 0 Å². The second kappa shape index (κ2) is 2.78. The molecular formula is F2O2. The minimum absolute atomic E-state index is 1.88. The van der Waals surface area contributed by atoms with Crippen molar-refractivity contribution in [3.63, 3.8) is 0 Å². The van der Waals surface area contributed by atoms with Crippen LogP contribution in [0.2, 0.25) is 0 Å².